The molecule has 1 N–H and O–H groups in total. The van der Waals surface area contributed by atoms with Crippen LogP contribution in [0.1, 0.15) is 44.7 Å². The van der Waals surface area contributed by atoms with Crippen molar-refractivity contribution < 1.29 is 43.2 Å². The number of halogens is 3. The van der Waals surface area contributed by atoms with E-state index in [0.29, 0.717) is 5.92 Å². The summed E-state index contributed by atoms with van der Waals surface area (Å²) in [6.45, 7) is 7.28. The molecular weight excluding hydrogens is 824 g/mol. The van der Waals surface area contributed by atoms with Crippen molar-refractivity contribution in [3.05, 3.63) is 114 Å². The average molecular weight is 860 g/mol. The van der Waals surface area contributed by atoms with Crippen LogP contribution in [0.15, 0.2) is 96.9 Å². The first-order chi connectivity index (χ1) is 21.2. The van der Waals surface area contributed by atoms with Gasteiger partial charge in [-0.15, -0.1) is 0 Å². The number of nitrogens with zero attached hydrogens (tertiary/aromatic N) is 1. The molecular formula is C38H35F3GeIrNO2-. The van der Waals surface area contributed by atoms with Crippen molar-refractivity contribution in [2.45, 2.75) is 51.3 Å². The maximum absolute atomic E-state index is 13.1. The van der Waals surface area contributed by atoms with Crippen molar-refractivity contribution in [1.82, 2.24) is 4.98 Å². The molecule has 1 radical (unpaired) electrons. The van der Waals surface area contributed by atoms with E-state index in [1.165, 1.54) is 50.8 Å². The van der Waals surface area contributed by atoms with Gasteiger partial charge in [-0.25, -0.2) is 0 Å². The number of rotatable bonds is 4. The van der Waals surface area contributed by atoms with Crippen molar-refractivity contribution in [1.29, 1.82) is 0 Å². The number of fused-ring (bicyclic) bond motifs is 4. The number of aliphatic hydroxyl groups excluding tert-OH is 1. The first kappa shape index (κ1) is 35.3. The van der Waals surface area contributed by atoms with E-state index >= 15 is 0 Å². The van der Waals surface area contributed by atoms with E-state index in [2.05, 4.69) is 80.0 Å². The summed E-state index contributed by atoms with van der Waals surface area (Å²) in [5, 5.41) is 10.7. The Morgan fingerprint density at radius 2 is 1.57 bits per heavy atom. The molecule has 0 unspecified atom stereocenters. The van der Waals surface area contributed by atoms with Gasteiger partial charge in [-0.05, 0) is 13.8 Å². The zero-order valence-electron chi connectivity index (χ0n) is 26.5. The maximum atomic E-state index is 13.1. The zero-order valence-corrected chi connectivity index (χ0v) is 31.0. The van der Waals surface area contributed by atoms with Crippen LogP contribution in [0, 0.1) is 6.07 Å². The van der Waals surface area contributed by atoms with Crippen LogP contribution in [-0.4, -0.2) is 29.1 Å². The summed E-state index contributed by atoms with van der Waals surface area (Å²) in [5.74, 6) is 5.07. The number of aromatic nitrogens is 1. The Balaban J connectivity index is 0.000000542. The third-order valence-corrected chi connectivity index (χ3v) is 15.6. The third-order valence-electron chi connectivity index (χ3n) is 8.20. The monoisotopic (exact) mass is 861 g/mol. The van der Waals surface area contributed by atoms with Gasteiger partial charge >= 0.3 is 224 Å². The maximum Gasteiger partial charge on any atom is 0 e. The Hall–Kier alpha value is -3.52. The summed E-state index contributed by atoms with van der Waals surface area (Å²) >= 11 is -2.83. The van der Waals surface area contributed by atoms with E-state index in [0.717, 1.165) is 39.9 Å². The molecule has 4 aromatic carbocycles. The fraction of sp³-hybridized carbons (Fsp3) is 0.211. The molecule has 46 heavy (non-hydrogen) atoms. The summed E-state index contributed by atoms with van der Waals surface area (Å²) in [6, 6.07) is 28.2. The number of hydrogen-bond acceptors (Lipinski definition) is 3. The Morgan fingerprint density at radius 3 is 2.15 bits per heavy atom. The molecule has 1 aliphatic rings. The molecule has 3 nitrogen and oxygen atoms in total. The molecule has 5 aromatic rings. The predicted octanol–water partition coefficient (Wildman–Crippen LogP) is 9.35. The zero-order chi connectivity index (χ0) is 32.7. The number of aliphatic hydroxyl groups is 1. The van der Waals surface area contributed by atoms with Crippen LogP contribution < -0.4 is 8.79 Å². The van der Waals surface area contributed by atoms with Crippen LogP contribution in [0.4, 0.5) is 13.2 Å². The molecule has 1 aromatic heterocycles. The Kier molecular flexibility index (Phi) is 10.5. The minimum absolute atomic E-state index is 0. The molecule has 0 saturated heterocycles. The quantitative estimate of drug-likeness (QED) is 0.0849. The Morgan fingerprint density at radius 1 is 0.913 bits per heavy atom. The van der Waals surface area contributed by atoms with Gasteiger partial charge in [0.25, 0.3) is 0 Å². The van der Waals surface area contributed by atoms with E-state index in [9.17, 15) is 18.0 Å². The molecule has 1 aliphatic heterocycles. The molecule has 0 fully saturated rings. The SMILES string of the molecule is CC(=O)/C=C(/C)O.CC(C)c1cc(-c2nccc3[c]2[Ge]([CH3])([CH3])[c]2cc(-c4ccc(C(F)(F)F)cc4)ccc2-3)[c-]c2ccccc12.[Ir]. The first-order valence-electron chi connectivity index (χ1n) is 14.8. The second kappa shape index (κ2) is 13.7. The molecule has 8 heteroatoms. The van der Waals surface area contributed by atoms with Gasteiger partial charge in [0.1, 0.15) is 0 Å². The van der Waals surface area contributed by atoms with Crippen LogP contribution in [0.5, 0.6) is 0 Å². The van der Waals surface area contributed by atoms with Crippen LogP contribution in [0.2, 0.25) is 11.5 Å². The van der Waals surface area contributed by atoms with E-state index in [-0.39, 0.29) is 31.6 Å². The minimum Gasteiger partial charge on any atom is 0 e. The summed E-state index contributed by atoms with van der Waals surface area (Å²) < 4.78 is 41.9. The molecule has 0 saturated carbocycles. The van der Waals surface area contributed by atoms with E-state index < -0.39 is 25.0 Å². The molecule has 0 bridgehead atoms. The number of allylic oxidation sites excluding steroid dienone is 2. The fourth-order valence-electron chi connectivity index (χ4n) is 6.14. The van der Waals surface area contributed by atoms with Crippen molar-refractivity contribution in [3.63, 3.8) is 0 Å². The summed E-state index contributed by atoms with van der Waals surface area (Å²) in [6.07, 6.45) is -1.28. The second-order valence-electron chi connectivity index (χ2n) is 12.3. The van der Waals surface area contributed by atoms with Gasteiger partial charge in [0.15, 0.2) is 5.78 Å². The van der Waals surface area contributed by atoms with Gasteiger partial charge in [0, 0.05) is 26.2 Å². The Labute approximate surface area is 284 Å². The number of carbonyl (C=O) groups is 1. The molecule has 0 spiro atoms. The van der Waals surface area contributed by atoms with Gasteiger partial charge < -0.3 is 5.11 Å². The average Bonchev–Trinajstić information content (AvgIpc) is 3.22. The van der Waals surface area contributed by atoms with Gasteiger partial charge in [-0.1, -0.05) is 0 Å². The smallest absolute Gasteiger partial charge is 0 e. The normalized spacial score (nSPS) is 13.4. The van der Waals surface area contributed by atoms with Gasteiger partial charge in [0.2, 0.25) is 0 Å². The number of pyridine rings is 1. The summed E-state index contributed by atoms with van der Waals surface area (Å²) in [5.41, 5.74) is 6.87. The number of carbonyl (C=O) groups excluding carboxylic acids is 1. The Bertz CT molecular complexity index is 1940. The summed E-state index contributed by atoms with van der Waals surface area (Å²) in [4.78, 5) is 14.9. The van der Waals surface area contributed by atoms with Gasteiger partial charge in [0.05, 0.1) is 5.76 Å². The minimum atomic E-state index is -4.34. The second-order valence-corrected chi connectivity index (χ2v) is 21.3. The van der Waals surface area contributed by atoms with E-state index in [1.807, 2.05) is 12.3 Å². The van der Waals surface area contributed by atoms with Crippen LogP contribution in [0.3, 0.4) is 0 Å². The predicted molar refractivity (Wildman–Crippen MR) is 180 cm³/mol. The molecule has 2 heterocycles. The number of hydrogen-bond donors (Lipinski definition) is 1. The summed E-state index contributed by atoms with van der Waals surface area (Å²) in [7, 11) is 0. The van der Waals surface area contributed by atoms with Crippen LogP contribution in [0.25, 0.3) is 44.3 Å². The van der Waals surface area contributed by atoms with Crippen molar-refractivity contribution in [3.8, 4) is 33.5 Å². The van der Waals surface area contributed by atoms with Crippen molar-refractivity contribution in [2.24, 2.45) is 0 Å². The van der Waals surface area contributed by atoms with Crippen LogP contribution >= 0.6 is 0 Å². The molecule has 0 amide bonds. The van der Waals surface area contributed by atoms with Gasteiger partial charge in [-0.2, -0.15) is 0 Å². The standard InChI is InChI=1S/C33H27F3GeN.C5H8O2.Ir/c1-20(2)29-18-24(17-23-7-5-6-8-26(23)29)32-31-28(15-16-38-32)27-14-11-22(19-30(27)37(31,3)4)21-9-12-25(13-10-21)33(34,35)36;1-4(6)3-5(2)7;/h5-16,18-20H,1-4H3;3,6H,1-2H3;/q-1;;/b;4-3-;. The topological polar surface area (TPSA) is 50.2 Å². The van der Waals surface area contributed by atoms with E-state index in [4.69, 9.17) is 10.1 Å². The molecule has 239 valence electrons. The van der Waals surface area contributed by atoms with Crippen LogP contribution in [-0.2, 0) is 31.1 Å². The van der Waals surface area contributed by atoms with Gasteiger partial charge in [-0.3, -0.25) is 4.79 Å². The third kappa shape index (κ3) is 7.07. The van der Waals surface area contributed by atoms with Crippen molar-refractivity contribution >= 4 is 38.6 Å². The number of benzene rings is 4. The largest absolute Gasteiger partial charge is 0 e. The number of ketones is 1. The molecule has 0 atom stereocenters. The first-order valence-corrected chi connectivity index (χ1v) is 21.1. The van der Waals surface area contributed by atoms with E-state index in [1.54, 1.807) is 12.1 Å². The number of alkyl halides is 3. The fourth-order valence-corrected chi connectivity index (χ4v) is 13.2. The molecule has 0 aliphatic carbocycles. The van der Waals surface area contributed by atoms with Crippen molar-refractivity contribution in [2.75, 3.05) is 0 Å². The molecule has 6 rings (SSSR count).